The Morgan fingerprint density at radius 3 is 0.938 bits per heavy atom. The predicted molar refractivity (Wildman–Crippen MR) is 129 cm³/mol. The summed E-state index contributed by atoms with van der Waals surface area (Å²) in [5.41, 5.74) is 4.93. The van der Waals surface area contributed by atoms with E-state index in [1.807, 2.05) is 36.4 Å². The van der Waals surface area contributed by atoms with Crippen LogP contribution in [-0.4, -0.2) is 21.3 Å². The molecule has 0 bridgehead atoms. The molecule has 1 atom stereocenters. The van der Waals surface area contributed by atoms with Gasteiger partial charge in [-0.05, 0) is 58.7 Å². The highest BCUT2D eigenvalue weighted by Gasteiger charge is 2.28. The highest BCUT2D eigenvalue weighted by Crippen LogP contribution is 2.43. The van der Waals surface area contributed by atoms with Crippen LogP contribution in [-0.2, 0) is 0 Å². The molecule has 1 unspecified atom stereocenters. The van der Waals surface area contributed by atoms with E-state index in [4.69, 9.17) is 14.2 Å². The fraction of sp³-hybridized carbons (Fsp3) is 0.172. The largest absolute Gasteiger partial charge is 0.497 e. The fourth-order valence-electron chi connectivity index (χ4n) is 4.25. The molecule has 0 saturated heterocycles. The van der Waals surface area contributed by atoms with Crippen molar-refractivity contribution in [3.63, 3.8) is 0 Å². The van der Waals surface area contributed by atoms with E-state index in [1.165, 1.54) is 22.3 Å². The van der Waals surface area contributed by atoms with Gasteiger partial charge in [-0.3, -0.25) is 0 Å². The zero-order valence-electron chi connectivity index (χ0n) is 18.7. The van der Waals surface area contributed by atoms with Crippen molar-refractivity contribution in [2.45, 2.75) is 11.8 Å². The fourth-order valence-corrected chi connectivity index (χ4v) is 4.25. The van der Waals surface area contributed by atoms with E-state index in [0.29, 0.717) is 0 Å². The molecule has 0 heterocycles. The molecule has 0 spiro atoms. The Balaban J connectivity index is 1.89. The Hall–Kier alpha value is -3.72. The highest BCUT2D eigenvalue weighted by atomic mass is 16.5. The molecule has 0 fully saturated rings. The average molecular weight is 425 g/mol. The number of ether oxygens (including phenoxy) is 3. The monoisotopic (exact) mass is 424 g/mol. The van der Waals surface area contributed by atoms with E-state index in [0.717, 1.165) is 17.2 Å². The predicted octanol–water partition coefficient (Wildman–Crippen LogP) is 6.68. The van der Waals surface area contributed by atoms with E-state index in [1.54, 1.807) is 21.3 Å². The maximum atomic E-state index is 5.41. The zero-order chi connectivity index (χ0) is 22.3. The molecule has 3 heteroatoms. The van der Waals surface area contributed by atoms with Crippen molar-refractivity contribution in [3.8, 4) is 17.2 Å². The quantitative estimate of drug-likeness (QED) is 0.316. The van der Waals surface area contributed by atoms with Crippen molar-refractivity contribution in [2.75, 3.05) is 21.3 Å². The lowest BCUT2D eigenvalue weighted by Gasteiger charge is -2.30. The molecule has 3 nitrogen and oxygen atoms in total. The van der Waals surface area contributed by atoms with Gasteiger partial charge in [0.1, 0.15) is 17.2 Å². The van der Waals surface area contributed by atoms with Crippen molar-refractivity contribution in [2.24, 2.45) is 0 Å². The van der Waals surface area contributed by atoms with E-state index in [2.05, 4.69) is 66.7 Å². The maximum Gasteiger partial charge on any atom is 0.118 e. The van der Waals surface area contributed by atoms with Crippen LogP contribution in [0.3, 0.4) is 0 Å². The van der Waals surface area contributed by atoms with Gasteiger partial charge in [-0.2, -0.15) is 0 Å². The van der Waals surface area contributed by atoms with Crippen LogP contribution in [0.2, 0.25) is 0 Å². The molecule has 0 radical (unpaired) electrons. The molecule has 0 aliphatic heterocycles. The van der Waals surface area contributed by atoms with Crippen LogP contribution in [0, 0.1) is 0 Å². The molecular weight excluding hydrogens is 396 g/mol. The van der Waals surface area contributed by atoms with Gasteiger partial charge >= 0.3 is 0 Å². The molecule has 0 N–H and O–H groups in total. The van der Waals surface area contributed by atoms with E-state index in [-0.39, 0.29) is 11.8 Å². The van der Waals surface area contributed by atoms with E-state index < -0.39 is 0 Å². The van der Waals surface area contributed by atoms with Gasteiger partial charge < -0.3 is 14.2 Å². The number of hydrogen-bond acceptors (Lipinski definition) is 3. The molecule has 32 heavy (non-hydrogen) atoms. The third-order valence-corrected chi connectivity index (χ3v) is 5.92. The second-order valence-electron chi connectivity index (χ2n) is 7.69. The van der Waals surface area contributed by atoms with Gasteiger partial charge in [-0.25, -0.2) is 0 Å². The van der Waals surface area contributed by atoms with Crippen molar-refractivity contribution in [1.29, 1.82) is 0 Å². The summed E-state index contributed by atoms with van der Waals surface area (Å²) in [6.07, 6.45) is 0. The summed E-state index contributed by atoms with van der Waals surface area (Å²) in [6.45, 7) is 0. The maximum absolute atomic E-state index is 5.41. The molecule has 4 rings (SSSR count). The first-order chi connectivity index (χ1) is 15.7. The zero-order valence-corrected chi connectivity index (χ0v) is 18.7. The Morgan fingerprint density at radius 1 is 0.375 bits per heavy atom. The summed E-state index contributed by atoms with van der Waals surface area (Å²) >= 11 is 0. The normalized spacial score (nSPS) is 11.8. The van der Waals surface area contributed by atoms with Gasteiger partial charge in [0.2, 0.25) is 0 Å². The van der Waals surface area contributed by atoms with Crippen molar-refractivity contribution < 1.29 is 14.2 Å². The summed E-state index contributed by atoms with van der Waals surface area (Å²) in [5, 5.41) is 0. The van der Waals surface area contributed by atoms with Crippen LogP contribution in [0.25, 0.3) is 0 Å². The second kappa shape index (κ2) is 10.1. The molecule has 0 amide bonds. The van der Waals surface area contributed by atoms with Gasteiger partial charge in [0, 0.05) is 11.8 Å². The summed E-state index contributed by atoms with van der Waals surface area (Å²) in [5.74, 6) is 2.77. The minimum atomic E-state index is 0.0996. The lowest BCUT2D eigenvalue weighted by molar-refractivity contribution is 0.414. The molecule has 0 aliphatic rings. The molecule has 162 valence electrons. The smallest absolute Gasteiger partial charge is 0.118 e. The summed E-state index contributed by atoms with van der Waals surface area (Å²) in [4.78, 5) is 0. The van der Waals surface area contributed by atoms with Crippen LogP contribution in [0.15, 0.2) is 103 Å². The first-order valence-corrected chi connectivity index (χ1v) is 10.7. The number of benzene rings is 4. The van der Waals surface area contributed by atoms with Gasteiger partial charge in [0.25, 0.3) is 0 Å². The number of hydrogen-bond donors (Lipinski definition) is 0. The summed E-state index contributed by atoms with van der Waals surface area (Å²) in [7, 11) is 5.08. The molecule has 4 aromatic rings. The lowest BCUT2D eigenvalue weighted by Crippen LogP contribution is -2.15. The number of methoxy groups -OCH3 is 3. The van der Waals surface area contributed by atoms with E-state index >= 15 is 0 Å². The van der Waals surface area contributed by atoms with Crippen molar-refractivity contribution in [1.82, 2.24) is 0 Å². The third kappa shape index (κ3) is 4.62. The molecule has 0 saturated carbocycles. The number of rotatable bonds is 8. The Labute approximate surface area is 190 Å². The Morgan fingerprint density at radius 2 is 0.656 bits per heavy atom. The summed E-state index contributed by atoms with van der Waals surface area (Å²) < 4.78 is 16.2. The Kier molecular flexibility index (Phi) is 6.76. The first-order valence-electron chi connectivity index (χ1n) is 10.7. The van der Waals surface area contributed by atoms with Crippen LogP contribution >= 0.6 is 0 Å². The van der Waals surface area contributed by atoms with E-state index in [9.17, 15) is 0 Å². The second-order valence-corrected chi connectivity index (χ2v) is 7.69. The van der Waals surface area contributed by atoms with Crippen molar-refractivity contribution in [3.05, 3.63) is 125 Å². The van der Waals surface area contributed by atoms with Crippen LogP contribution in [0.5, 0.6) is 17.2 Å². The van der Waals surface area contributed by atoms with Crippen LogP contribution in [0.1, 0.15) is 34.1 Å². The van der Waals surface area contributed by atoms with Gasteiger partial charge in [-0.15, -0.1) is 0 Å². The minimum Gasteiger partial charge on any atom is -0.497 e. The van der Waals surface area contributed by atoms with Crippen LogP contribution in [0.4, 0.5) is 0 Å². The van der Waals surface area contributed by atoms with Gasteiger partial charge in [-0.1, -0.05) is 66.7 Å². The molecule has 4 aromatic carbocycles. The Bertz CT molecular complexity index is 1050. The standard InChI is InChI=1S/C29H28O3/c1-30-25-15-9-22(10-16-25)28(21-7-5-4-6-8-21)29(23-11-17-26(31-2)18-12-23)24-13-19-27(32-3)20-14-24/h4-20,28-29H,1-3H3. The molecular formula is C29H28O3. The van der Waals surface area contributed by atoms with Gasteiger partial charge in [0.15, 0.2) is 0 Å². The average Bonchev–Trinajstić information content (AvgIpc) is 2.88. The summed E-state index contributed by atoms with van der Waals surface area (Å²) in [6, 6.07) is 35.8. The van der Waals surface area contributed by atoms with Gasteiger partial charge in [0.05, 0.1) is 21.3 Å². The topological polar surface area (TPSA) is 27.7 Å². The highest BCUT2D eigenvalue weighted by molar-refractivity contribution is 5.47. The third-order valence-electron chi connectivity index (χ3n) is 5.92. The SMILES string of the molecule is COc1ccc(C(c2ccccc2)C(c2ccc(OC)cc2)c2ccc(OC)cc2)cc1. The van der Waals surface area contributed by atoms with Crippen LogP contribution < -0.4 is 14.2 Å². The van der Waals surface area contributed by atoms with Crippen molar-refractivity contribution >= 4 is 0 Å². The first kappa shape index (κ1) is 21.5. The minimum absolute atomic E-state index is 0.0996. The molecule has 0 aliphatic carbocycles. The lowest BCUT2D eigenvalue weighted by atomic mass is 9.74. The molecule has 0 aromatic heterocycles.